The minimum atomic E-state index is 0.319. The van der Waals surface area contributed by atoms with Crippen molar-refractivity contribution in [2.45, 2.75) is 58.0 Å². The highest BCUT2D eigenvalue weighted by atomic mass is 16.5. The average molecular weight is 254 g/mol. The lowest BCUT2D eigenvalue weighted by Crippen LogP contribution is -2.50. The summed E-state index contributed by atoms with van der Waals surface area (Å²) in [5, 5.41) is 0. The summed E-state index contributed by atoms with van der Waals surface area (Å²) in [6, 6.07) is 1.17. The van der Waals surface area contributed by atoms with E-state index in [0.717, 1.165) is 19.2 Å². The number of nitrogens with two attached hydrogens (primary N) is 1. The van der Waals surface area contributed by atoms with Crippen molar-refractivity contribution in [2.24, 2.45) is 17.1 Å². The quantitative estimate of drug-likeness (QED) is 0.790. The van der Waals surface area contributed by atoms with Crippen molar-refractivity contribution in [3.05, 3.63) is 0 Å². The Kier molecular flexibility index (Phi) is 4.68. The molecule has 2 N–H and O–H groups in total. The zero-order valence-electron chi connectivity index (χ0n) is 12.3. The Morgan fingerprint density at radius 2 is 2.00 bits per heavy atom. The average Bonchev–Trinajstić information content (AvgIpc) is 3.14. The van der Waals surface area contributed by atoms with E-state index < -0.39 is 0 Å². The molecule has 0 aromatic rings. The molecule has 0 saturated heterocycles. The van der Waals surface area contributed by atoms with Crippen molar-refractivity contribution in [3.8, 4) is 0 Å². The molecule has 0 radical (unpaired) electrons. The second-order valence-electron chi connectivity index (χ2n) is 6.89. The van der Waals surface area contributed by atoms with Gasteiger partial charge in [-0.1, -0.05) is 20.3 Å². The fourth-order valence-corrected chi connectivity index (χ4v) is 3.38. The van der Waals surface area contributed by atoms with Crippen LogP contribution < -0.4 is 5.73 Å². The molecule has 0 spiro atoms. The molecule has 2 atom stereocenters. The fraction of sp³-hybridized carbons (Fsp3) is 1.00. The van der Waals surface area contributed by atoms with Crippen LogP contribution in [0.1, 0.15) is 46.0 Å². The highest BCUT2D eigenvalue weighted by molar-refractivity contribution is 4.94. The predicted octanol–water partition coefficient (Wildman–Crippen LogP) is 2.25. The van der Waals surface area contributed by atoms with E-state index in [9.17, 15) is 0 Å². The third kappa shape index (κ3) is 3.46. The van der Waals surface area contributed by atoms with E-state index in [0.29, 0.717) is 17.4 Å². The molecule has 3 nitrogen and oxygen atoms in total. The highest BCUT2D eigenvalue weighted by Gasteiger charge is 2.39. The first-order chi connectivity index (χ1) is 8.54. The SMILES string of the molecule is COCCN(CC1CCCC(C)(C)C1N)C1CC1. The maximum atomic E-state index is 6.50. The van der Waals surface area contributed by atoms with Gasteiger partial charge in [-0.25, -0.2) is 0 Å². The summed E-state index contributed by atoms with van der Waals surface area (Å²) < 4.78 is 5.23. The predicted molar refractivity (Wildman–Crippen MR) is 75.6 cm³/mol. The van der Waals surface area contributed by atoms with Crippen molar-refractivity contribution in [3.63, 3.8) is 0 Å². The van der Waals surface area contributed by atoms with E-state index in [2.05, 4.69) is 18.7 Å². The van der Waals surface area contributed by atoms with E-state index in [1.54, 1.807) is 7.11 Å². The van der Waals surface area contributed by atoms with E-state index in [-0.39, 0.29) is 0 Å². The first-order valence-electron chi connectivity index (χ1n) is 7.53. The lowest BCUT2D eigenvalue weighted by molar-refractivity contribution is 0.0821. The smallest absolute Gasteiger partial charge is 0.0589 e. The first kappa shape index (κ1) is 14.3. The summed E-state index contributed by atoms with van der Waals surface area (Å²) in [4.78, 5) is 2.62. The minimum Gasteiger partial charge on any atom is -0.383 e. The zero-order chi connectivity index (χ0) is 13.2. The Balaban J connectivity index is 1.89. The fourth-order valence-electron chi connectivity index (χ4n) is 3.38. The summed E-state index contributed by atoms with van der Waals surface area (Å²) >= 11 is 0. The van der Waals surface area contributed by atoms with Gasteiger partial charge in [0.25, 0.3) is 0 Å². The standard InChI is InChI=1S/C15H30N2O/c1-15(2)8-4-5-12(14(15)16)11-17(9-10-18-3)13-6-7-13/h12-14H,4-11,16H2,1-3H3. The molecule has 2 aliphatic carbocycles. The van der Waals surface area contributed by atoms with Crippen molar-refractivity contribution < 1.29 is 4.74 Å². The molecule has 0 aromatic heterocycles. The summed E-state index contributed by atoms with van der Waals surface area (Å²) in [5.74, 6) is 0.672. The third-order valence-corrected chi connectivity index (χ3v) is 4.92. The molecule has 0 bridgehead atoms. The highest BCUT2D eigenvalue weighted by Crippen LogP contribution is 2.39. The molecular formula is C15H30N2O. The number of hydrogen-bond donors (Lipinski definition) is 1. The molecular weight excluding hydrogens is 224 g/mol. The number of ether oxygens (including phenoxy) is 1. The van der Waals surface area contributed by atoms with Gasteiger partial charge in [-0.05, 0) is 37.0 Å². The van der Waals surface area contributed by atoms with Gasteiger partial charge in [0, 0.05) is 32.3 Å². The van der Waals surface area contributed by atoms with Gasteiger partial charge in [0.15, 0.2) is 0 Å². The van der Waals surface area contributed by atoms with Crippen LogP contribution in [-0.4, -0.2) is 43.8 Å². The van der Waals surface area contributed by atoms with E-state index in [1.165, 1.54) is 38.6 Å². The van der Waals surface area contributed by atoms with Gasteiger partial charge in [0.2, 0.25) is 0 Å². The van der Waals surface area contributed by atoms with Crippen LogP contribution in [0.4, 0.5) is 0 Å². The summed E-state index contributed by atoms with van der Waals surface area (Å²) in [6.07, 6.45) is 6.67. The Morgan fingerprint density at radius 3 is 2.61 bits per heavy atom. The number of hydrogen-bond acceptors (Lipinski definition) is 3. The molecule has 2 fully saturated rings. The van der Waals surface area contributed by atoms with Crippen LogP contribution in [-0.2, 0) is 4.74 Å². The Labute approximate surface area is 112 Å². The van der Waals surface area contributed by atoms with Gasteiger partial charge in [-0.3, -0.25) is 4.90 Å². The summed E-state index contributed by atoms with van der Waals surface area (Å²) in [7, 11) is 1.79. The number of nitrogens with zero attached hydrogens (tertiary/aromatic N) is 1. The molecule has 2 aliphatic rings. The molecule has 0 aliphatic heterocycles. The van der Waals surface area contributed by atoms with Gasteiger partial charge in [0.05, 0.1) is 6.61 Å². The second-order valence-corrected chi connectivity index (χ2v) is 6.89. The van der Waals surface area contributed by atoms with E-state index in [1.807, 2.05) is 0 Å². The van der Waals surface area contributed by atoms with Crippen molar-refractivity contribution in [1.82, 2.24) is 4.90 Å². The van der Waals surface area contributed by atoms with Crippen molar-refractivity contribution >= 4 is 0 Å². The molecule has 0 heterocycles. The van der Waals surface area contributed by atoms with Crippen LogP contribution >= 0.6 is 0 Å². The molecule has 2 unspecified atom stereocenters. The van der Waals surface area contributed by atoms with Gasteiger partial charge in [0.1, 0.15) is 0 Å². The second kappa shape index (κ2) is 5.89. The molecule has 18 heavy (non-hydrogen) atoms. The van der Waals surface area contributed by atoms with Crippen LogP contribution in [0, 0.1) is 11.3 Å². The van der Waals surface area contributed by atoms with Crippen LogP contribution in [0.5, 0.6) is 0 Å². The largest absolute Gasteiger partial charge is 0.383 e. The lowest BCUT2D eigenvalue weighted by atomic mass is 9.68. The third-order valence-electron chi connectivity index (χ3n) is 4.92. The van der Waals surface area contributed by atoms with E-state index in [4.69, 9.17) is 10.5 Å². The molecule has 3 heteroatoms. The number of methoxy groups -OCH3 is 1. The minimum absolute atomic E-state index is 0.319. The van der Waals surface area contributed by atoms with E-state index >= 15 is 0 Å². The van der Waals surface area contributed by atoms with Crippen LogP contribution in [0.2, 0.25) is 0 Å². The zero-order valence-corrected chi connectivity index (χ0v) is 12.3. The van der Waals surface area contributed by atoms with Crippen LogP contribution in [0.3, 0.4) is 0 Å². The monoisotopic (exact) mass is 254 g/mol. The van der Waals surface area contributed by atoms with Gasteiger partial charge in [-0.2, -0.15) is 0 Å². The van der Waals surface area contributed by atoms with Crippen LogP contribution in [0.15, 0.2) is 0 Å². The normalized spacial score (nSPS) is 31.8. The topological polar surface area (TPSA) is 38.5 Å². The van der Waals surface area contributed by atoms with Crippen LogP contribution in [0.25, 0.3) is 0 Å². The van der Waals surface area contributed by atoms with Gasteiger partial charge < -0.3 is 10.5 Å². The molecule has 106 valence electrons. The Bertz CT molecular complexity index is 263. The Hall–Kier alpha value is -0.120. The molecule has 2 rings (SSSR count). The van der Waals surface area contributed by atoms with Crippen molar-refractivity contribution in [2.75, 3.05) is 26.8 Å². The molecule has 0 aromatic carbocycles. The summed E-state index contributed by atoms with van der Waals surface area (Å²) in [5.41, 5.74) is 6.82. The maximum Gasteiger partial charge on any atom is 0.0589 e. The first-order valence-corrected chi connectivity index (χ1v) is 7.53. The van der Waals surface area contributed by atoms with Gasteiger partial charge in [-0.15, -0.1) is 0 Å². The Morgan fingerprint density at radius 1 is 1.28 bits per heavy atom. The number of rotatable bonds is 6. The van der Waals surface area contributed by atoms with Gasteiger partial charge >= 0.3 is 0 Å². The molecule has 0 amide bonds. The van der Waals surface area contributed by atoms with Crippen molar-refractivity contribution in [1.29, 1.82) is 0 Å². The lowest BCUT2D eigenvalue weighted by Gasteiger charge is -2.43. The molecule has 2 saturated carbocycles. The maximum absolute atomic E-state index is 6.50. The summed E-state index contributed by atoms with van der Waals surface area (Å²) in [6.45, 7) is 7.77.